The summed E-state index contributed by atoms with van der Waals surface area (Å²) in [6, 6.07) is 13.3. The van der Waals surface area contributed by atoms with Gasteiger partial charge >= 0.3 is 0 Å². The van der Waals surface area contributed by atoms with Crippen molar-refractivity contribution in [2.24, 2.45) is 0 Å². The molecule has 0 saturated carbocycles. The first-order valence-electron chi connectivity index (χ1n) is 7.99. The van der Waals surface area contributed by atoms with Gasteiger partial charge < -0.3 is 14.1 Å². The molecule has 1 saturated heterocycles. The number of ether oxygens (including phenoxy) is 1. The lowest BCUT2D eigenvalue weighted by molar-refractivity contribution is 0.0138. The summed E-state index contributed by atoms with van der Waals surface area (Å²) in [5, 5.41) is 9.20. The quantitative estimate of drug-likeness (QED) is 0.718. The third-order valence-electron chi connectivity index (χ3n) is 4.13. The SMILES string of the molecule is N#Cc1ccc(OC2CN(C(=O)c3cc(=O)c4ccccc4o3)C2)nc1. The van der Waals surface area contributed by atoms with Crippen LogP contribution in [0.4, 0.5) is 0 Å². The minimum absolute atomic E-state index is 0.0173. The largest absolute Gasteiger partial charge is 0.471 e. The molecule has 0 radical (unpaired) electrons. The van der Waals surface area contributed by atoms with E-state index >= 15 is 0 Å². The van der Waals surface area contributed by atoms with Gasteiger partial charge in [-0.15, -0.1) is 0 Å². The van der Waals surface area contributed by atoms with E-state index in [-0.39, 0.29) is 23.2 Å². The number of para-hydroxylation sites is 1. The number of aromatic nitrogens is 1. The highest BCUT2D eigenvalue weighted by Crippen LogP contribution is 2.20. The highest BCUT2D eigenvalue weighted by molar-refractivity contribution is 5.93. The first-order chi connectivity index (χ1) is 12.6. The summed E-state index contributed by atoms with van der Waals surface area (Å²) in [6.45, 7) is 0.744. The van der Waals surface area contributed by atoms with Crippen LogP contribution in [0.3, 0.4) is 0 Å². The number of rotatable bonds is 3. The molecule has 0 spiro atoms. The average molecular weight is 347 g/mol. The summed E-state index contributed by atoms with van der Waals surface area (Å²) in [5.74, 6) is 0.0717. The van der Waals surface area contributed by atoms with Crippen molar-refractivity contribution in [1.29, 1.82) is 5.26 Å². The Morgan fingerprint density at radius 3 is 2.81 bits per heavy atom. The molecule has 26 heavy (non-hydrogen) atoms. The number of likely N-dealkylation sites (tertiary alicyclic amines) is 1. The number of carbonyl (C=O) groups is 1. The molecular weight excluding hydrogens is 334 g/mol. The van der Waals surface area contributed by atoms with E-state index in [1.807, 2.05) is 6.07 Å². The van der Waals surface area contributed by atoms with Crippen LogP contribution in [0.1, 0.15) is 16.1 Å². The number of amides is 1. The Labute approximate surface area is 148 Å². The fourth-order valence-corrected chi connectivity index (χ4v) is 2.73. The predicted molar refractivity (Wildman–Crippen MR) is 91.8 cm³/mol. The molecule has 7 nitrogen and oxygen atoms in total. The molecular formula is C19H13N3O4. The van der Waals surface area contributed by atoms with E-state index in [0.717, 1.165) is 0 Å². The van der Waals surface area contributed by atoms with Crippen LogP contribution in [0.5, 0.6) is 5.88 Å². The van der Waals surface area contributed by atoms with Gasteiger partial charge in [0.15, 0.2) is 11.2 Å². The number of carbonyl (C=O) groups excluding carboxylic acids is 1. The monoisotopic (exact) mass is 347 g/mol. The Bertz CT molecular complexity index is 1080. The summed E-state index contributed by atoms with van der Waals surface area (Å²) >= 11 is 0. The topological polar surface area (TPSA) is 96.4 Å². The zero-order valence-electron chi connectivity index (χ0n) is 13.6. The van der Waals surface area contributed by atoms with Crippen molar-refractivity contribution >= 4 is 16.9 Å². The molecule has 1 aliphatic rings. The number of benzene rings is 1. The standard InChI is InChI=1S/C19H13N3O4/c20-8-12-5-6-18(21-9-12)25-13-10-22(11-13)19(24)17-7-15(23)14-3-1-2-4-16(14)26-17/h1-7,9,13H,10-11H2. The van der Waals surface area contributed by atoms with Gasteiger partial charge in [-0.2, -0.15) is 5.26 Å². The highest BCUT2D eigenvalue weighted by atomic mass is 16.5. The molecule has 0 unspecified atom stereocenters. The lowest BCUT2D eigenvalue weighted by Crippen LogP contribution is -2.56. The van der Waals surface area contributed by atoms with Crippen LogP contribution in [0.25, 0.3) is 11.0 Å². The smallest absolute Gasteiger partial charge is 0.289 e. The summed E-state index contributed by atoms with van der Waals surface area (Å²) in [5.41, 5.74) is 0.595. The third kappa shape index (κ3) is 2.89. The van der Waals surface area contributed by atoms with Gasteiger partial charge in [-0.1, -0.05) is 12.1 Å². The molecule has 0 bridgehead atoms. The maximum Gasteiger partial charge on any atom is 0.289 e. The van der Waals surface area contributed by atoms with Gasteiger partial charge in [-0.05, 0) is 18.2 Å². The molecule has 1 fully saturated rings. The lowest BCUT2D eigenvalue weighted by atomic mass is 10.1. The summed E-state index contributed by atoms with van der Waals surface area (Å²) < 4.78 is 11.2. The maximum absolute atomic E-state index is 12.5. The van der Waals surface area contributed by atoms with Crippen LogP contribution in [0.15, 0.2) is 57.9 Å². The second-order valence-corrected chi connectivity index (χ2v) is 5.92. The van der Waals surface area contributed by atoms with E-state index < -0.39 is 0 Å². The number of hydrogen-bond donors (Lipinski definition) is 0. The average Bonchev–Trinajstić information content (AvgIpc) is 2.64. The predicted octanol–water partition coefficient (Wildman–Crippen LogP) is 1.96. The van der Waals surface area contributed by atoms with E-state index in [4.69, 9.17) is 14.4 Å². The molecule has 1 amide bonds. The van der Waals surface area contributed by atoms with Gasteiger partial charge in [-0.3, -0.25) is 9.59 Å². The Kier molecular flexibility index (Phi) is 3.86. The number of nitriles is 1. The van der Waals surface area contributed by atoms with Gasteiger partial charge in [0.25, 0.3) is 5.91 Å². The van der Waals surface area contributed by atoms with E-state index in [9.17, 15) is 9.59 Å². The van der Waals surface area contributed by atoms with Crippen LogP contribution in [0, 0.1) is 11.3 Å². The van der Waals surface area contributed by atoms with Crippen molar-refractivity contribution in [2.45, 2.75) is 6.10 Å². The zero-order chi connectivity index (χ0) is 18.1. The fraction of sp³-hybridized carbons (Fsp3) is 0.158. The lowest BCUT2D eigenvalue weighted by Gasteiger charge is -2.38. The Morgan fingerprint density at radius 1 is 1.27 bits per heavy atom. The van der Waals surface area contributed by atoms with Crippen molar-refractivity contribution in [3.63, 3.8) is 0 Å². The molecule has 4 rings (SSSR count). The number of nitrogens with zero attached hydrogens (tertiary/aromatic N) is 3. The van der Waals surface area contributed by atoms with Gasteiger partial charge in [0.2, 0.25) is 5.88 Å². The molecule has 0 aliphatic carbocycles. The highest BCUT2D eigenvalue weighted by Gasteiger charge is 2.34. The van der Waals surface area contributed by atoms with Crippen LogP contribution < -0.4 is 10.2 Å². The second-order valence-electron chi connectivity index (χ2n) is 5.92. The van der Waals surface area contributed by atoms with Crippen LogP contribution in [0.2, 0.25) is 0 Å². The van der Waals surface area contributed by atoms with Crippen molar-refractivity contribution in [1.82, 2.24) is 9.88 Å². The normalized spacial score (nSPS) is 13.9. The summed E-state index contributed by atoms with van der Waals surface area (Å²) in [7, 11) is 0. The Balaban J connectivity index is 1.43. The molecule has 0 N–H and O–H groups in total. The molecule has 1 aromatic carbocycles. The van der Waals surface area contributed by atoms with E-state index in [1.54, 1.807) is 41.3 Å². The van der Waals surface area contributed by atoms with Gasteiger partial charge in [0.05, 0.1) is 24.0 Å². The zero-order valence-corrected chi connectivity index (χ0v) is 13.6. The minimum atomic E-state index is -0.347. The number of pyridine rings is 1. The van der Waals surface area contributed by atoms with Crippen LogP contribution in [-0.4, -0.2) is 35.0 Å². The fourth-order valence-electron chi connectivity index (χ4n) is 2.73. The van der Waals surface area contributed by atoms with Gasteiger partial charge in [-0.25, -0.2) is 4.98 Å². The molecule has 128 valence electrons. The van der Waals surface area contributed by atoms with Crippen LogP contribution in [-0.2, 0) is 0 Å². The molecule has 3 aromatic rings. The third-order valence-corrected chi connectivity index (χ3v) is 4.13. The summed E-state index contributed by atoms with van der Waals surface area (Å²) in [4.78, 5) is 30.2. The van der Waals surface area contributed by atoms with E-state index in [2.05, 4.69) is 4.98 Å². The first-order valence-corrected chi connectivity index (χ1v) is 7.99. The molecule has 0 atom stereocenters. The van der Waals surface area contributed by atoms with Gasteiger partial charge in [0.1, 0.15) is 17.8 Å². The Morgan fingerprint density at radius 2 is 2.08 bits per heavy atom. The number of hydrogen-bond acceptors (Lipinski definition) is 6. The molecule has 7 heteroatoms. The summed E-state index contributed by atoms with van der Waals surface area (Å²) in [6.07, 6.45) is 1.24. The number of fused-ring (bicyclic) bond motifs is 1. The molecule has 3 heterocycles. The minimum Gasteiger partial charge on any atom is -0.471 e. The van der Waals surface area contributed by atoms with Crippen molar-refractivity contribution < 1.29 is 13.9 Å². The van der Waals surface area contributed by atoms with Crippen molar-refractivity contribution in [3.05, 3.63) is 70.2 Å². The molecule has 2 aromatic heterocycles. The van der Waals surface area contributed by atoms with Crippen molar-refractivity contribution in [2.75, 3.05) is 13.1 Å². The maximum atomic E-state index is 12.5. The van der Waals surface area contributed by atoms with E-state index in [1.165, 1.54) is 12.3 Å². The molecule has 1 aliphatic heterocycles. The van der Waals surface area contributed by atoms with Crippen LogP contribution >= 0.6 is 0 Å². The first kappa shape index (κ1) is 15.8. The second kappa shape index (κ2) is 6.33. The Hall–Kier alpha value is -3.66. The van der Waals surface area contributed by atoms with E-state index in [0.29, 0.717) is 35.5 Å². The van der Waals surface area contributed by atoms with Gasteiger partial charge in [0, 0.05) is 18.3 Å². The van der Waals surface area contributed by atoms with Crippen molar-refractivity contribution in [3.8, 4) is 11.9 Å².